The summed E-state index contributed by atoms with van der Waals surface area (Å²) in [7, 11) is 0. The number of hydrogen-bond donors (Lipinski definition) is 2. The van der Waals surface area contributed by atoms with Gasteiger partial charge in [0.15, 0.2) is 0 Å². The van der Waals surface area contributed by atoms with Crippen LogP contribution in [0.5, 0.6) is 0 Å². The van der Waals surface area contributed by atoms with Gasteiger partial charge >= 0.3 is 12.1 Å². The van der Waals surface area contributed by atoms with Gasteiger partial charge in [0.05, 0.1) is 16.9 Å². The highest BCUT2D eigenvalue weighted by atomic mass is 16.6. The maximum absolute atomic E-state index is 13.3. The number of rotatable bonds is 3. The Morgan fingerprint density at radius 1 is 1.00 bits per heavy atom. The third-order valence-electron chi connectivity index (χ3n) is 6.37. The minimum absolute atomic E-state index is 0.0150. The molecule has 1 aliphatic carbocycles. The lowest BCUT2D eigenvalue weighted by Gasteiger charge is -2.41. The predicted molar refractivity (Wildman–Crippen MR) is 124 cm³/mol. The van der Waals surface area contributed by atoms with Gasteiger partial charge in [0, 0.05) is 5.92 Å². The Labute approximate surface area is 190 Å². The van der Waals surface area contributed by atoms with Crippen molar-refractivity contribution in [3.05, 3.63) is 83.4 Å². The second-order valence-electron chi connectivity index (χ2n) is 8.69. The van der Waals surface area contributed by atoms with Crippen molar-refractivity contribution in [3.8, 4) is 11.1 Å². The van der Waals surface area contributed by atoms with Crippen molar-refractivity contribution in [2.24, 2.45) is 0 Å². The fourth-order valence-corrected chi connectivity index (χ4v) is 4.63. The van der Waals surface area contributed by atoms with Crippen LogP contribution in [0.2, 0.25) is 0 Å². The van der Waals surface area contributed by atoms with Gasteiger partial charge in [-0.2, -0.15) is 0 Å². The Bertz CT molecular complexity index is 1270. The van der Waals surface area contributed by atoms with Gasteiger partial charge < -0.3 is 15.2 Å². The molecule has 0 saturated carbocycles. The summed E-state index contributed by atoms with van der Waals surface area (Å²) in [4.78, 5) is 38.7. The highest BCUT2D eigenvalue weighted by Gasteiger charge is 2.45. The van der Waals surface area contributed by atoms with Gasteiger partial charge in [-0.05, 0) is 54.3 Å². The van der Waals surface area contributed by atoms with Crippen LogP contribution in [0, 0.1) is 0 Å². The SMILES string of the molecule is CC1(C)C(=O)Nc2cc(C(=O)O)ccc2N1C(=O)OCC1c2ccccc2-c2ccccc21. The molecule has 0 spiro atoms. The molecule has 0 atom stereocenters. The van der Waals surface area contributed by atoms with Gasteiger partial charge in [-0.1, -0.05) is 48.5 Å². The number of hydrogen-bond acceptors (Lipinski definition) is 4. The van der Waals surface area contributed by atoms with E-state index in [9.17, 15) is 19.5 Å². The van der Waals surface area contributed by atoms with E-state index in [4.69, 9.17) is 4.74 Å². The normalized spacial score (nSPS) is 15.8. The molecule has 0 saturated heterocycles. The smallest absolute Gasteiger partial charge is 0.415 e. The molecule has 3 aromatic rings. The van der Waals surface area contributed by atoms with Crippen LogP contribution in [0.15, 0.2) is 66.7 Å². The van der Waals surface area contributed by atoms with Crippen LogP contribution in [-0.4, -0.2) is 35.2 Å². The van der Waals surface area contributed by atoms with Gasteiger partial charge in [0.1, 0.15) is 12.1 Å². The largest absolute Gasteiger partial charge is 0.478 e. The number of carbonyl (C=O) groups excluding carboxylic acids is 2. The number of nitrogens with one attached hydrogen (secondary N) is 1. The van der Waals surface area contributed by atoms with E-state index < -0.39 is 23.5 Å². The number of aromatic carboxylic acids is 1. The van der Waals surface area contributed by atoms with Crippen molar-refractivity contribution < 1.29 is 24.2 Å². The van der Waals surface area contributed by atoms with Crippen molar-refractivity contribution in [1.82, 2.24) is 0 Å². The molecule has 2 N–H and O–H groups in total. The Hall–Kier alpha value is -4.13. The summed E-state index contributed by atoms with van der Waals surface area (Å²) in [6.07, 6.45) is -0.666. The van der Waals surface area contributed by atoms with Gasteiger partial charge in [-0.3, -0.25) is 9.69 Å². The Kier molecular flexibility index (Phi) is 4.70. The quantitative estimate of drug-likeness (QED) is 0.603. The van der Waals surface area contributed by atoms with Crippen LogP contribution in [0.1, 0.15) is 41.3 Å². The van der Waals surface area contributed by atoms with E-state index in [1.807, 2.05) is 36.4 Å². The molecule has 166 valence electrons. The van der Waals surface area contributed by atoms with Crippen molar-refractivity contribution in [1.29, 1.82) is 0 Å². The van der Waals surface area contributed by atoms with Gasteiger partial charge in [0.2, 0.25) is 5.91 Å². The van der Waals surface area contributed by atoms with Crippen LogP contribution >= 0.6 is 0 Å². The number of fused-ring (bicyclic) bond motifs is 4. The van der Waals surface area contributed by atoms with E-state index in [0.29, 0.717) is 5.69 Å². The monoisotopic (exact) mass is 442 g/mol. The van der Waals surface area contributed by atoms with E-state index in [2.05, 4.69) is 17.4 Å². The summed E-state index contributed by atoms with van der Waals surface area (Å²) in [6.45, 7) is 3.36. The van der Waals surface area contributed by atoms with Crippen LogP contribution < -0.4 is 10.2 Å². The molecule has 0 fully saturated rings. The van der Waals surface area contributed by atoms with Gasteiger partial charge in [-0.25, -0.2) is 9.59 Å². The minimum Gasteiger partial charge on any atom is -0.478 e. The fourth-order valence-electron chi connectivity index (χ4n) is 4.63. The van der Waals surface area contributed by atoms with E-state index in [1.165, 1.54) is 23.1 Å². The van der Waals surface area contributed by atoms with E-state index in [-0.39, 0.29) is 23.8 Å². The zero-order valence-electron chi connectivity index (χ0n) is 18.2. The summed E-state index contributed by atoms with van der Waals surface area (Å²) in [6, 6.07) is 20.4. The third-order valence-corrected chi connectivity index (χ3v) is 6.37. The summed E-state index contributed by atoms with van der Waals surface area (Å²) >= 11 is 0. The molecule has 3 aromatic carbocycles. The first-order chi connectivity index (χ1) is 15.8. The number of ether oxygens (including phenoxy) is 1. The van der Waals surface area contributed by atoms with Crippen LogP contribution in [0.4, 0.5) is 16.2 Å². The Balaban J connectivity index is 1.46. The number of carboxylic acid groups (broad SMARTS) is 1. The summed E-state index contributed by atoms with van der Waals surface area (Å²) < 4.78 is 5.79. The van der Waals surface area contributed by atoms with Crippen molar-refractivity contribution in [3.63, 3.8) is 0 Å². The highest BCUT2D eigenvalue weighted by molar-refractivity contribution is 6.13. The lowest BCUT2D eigenvalue weighted by Crippen LogP contribution is -2.58. The first-order valence-corrected chi connectivity index (χ1v) is 10.6. The Morgan fingerprint density at radius 3 is 2.21 bits per heavy atom. The van der Waals surface area contributed by atoms with Crippen LogP contribution in [0.3, 0.4) is 0 Å². The average Bonchev–Trinajstić information content (AvgIpc) is 3.11. The summed E-state index contributed by atoms with van der Waals surface area (Å²) in [5.74, 6) is -1.66. The first kappa shape index (κ1) is 20.8. The van der Waals surface area contributed by atoms with Crippen LogP contribution in [0.25, 0.3) is 11.1 Å². The molecule has 1 heterocycles. The third kappa shape index (κ3) is 3.24. The fraction of sp³-hybridized carbons (Fsp3) is 0.192. The second kappa shape index (κ2) is 7.48. The van der Waals surface area contributed by atoms with Gasteiger partial charge in [0.25, 0.3) is 0 Å². The highest BCUT2D eigenvalue weighted by Crippen LogP contribution is 2.45. The molecular weight excluding hydrogens is 420 g/mol. The lowest BCUT2D eigenvalue weighted by molar-refractivity contribution is -0.120. The first-order valence-electron chi connectivity index (χ1n) is 10.6. The molecule has 7 nitrogen and oxygen atoms in total. The van der Waals surface area contributed by atoms with Gasteiger partial charge in [-0.15, -0.1) is 0 Å². The van der Waals surface area contributed by atoms with Crippen molar-refractivity contribution in [2.45, 2.75) is 25.3 Å². The molecule has 1 aliphatic heterocycles. The molecule has 0 bridgehead atoms. The number of anilines is 2. The topological polar surface area (TPSA) is 95.9 Å². The van der Waals surface area contributed by atoms with E-state index in [0.717, 1.165) is 22.3 Å². The summed E-state index contributed by atoms with van der Waals surface area (Å²) in [5.41, 5.74) is 3.87. The predicted octanol–water partition coefficient (Wildman–Crippen LogP) is 4.87. The molecule has 2 aliphatic rings. The molecule has 33 heavy (non-hydrogen) atoms. The molecule has 7 heteroatoms. The maximum atomic E-state index is 13.3. The number of nitrogens with zero attached hydrogens (tertiary/aromatic N) is 1. The zero-order chi connectivity index (χ0) is 23.3. The molecular formula is C26H22N2O5. The lowest BCUT2D eigenvalue weighted by atomic mass is 9.96. The van der Waals surface area contributed by atoms with Crippen LogP contribution in [-0.2, 0) is 9.53 Å². The molecule has 5 rings (SSSR count). The van der Waals surface area contributed by atoms with Crippen molar-refractivity contribution in [2.75, 3.05) is 16.8 Å². The zero-order valence-corrected chi connectivity index (χ0v) is 18.2. The molecule has 0 radical (unpaired) electrons. The average molecular weight is 442 g/mol. The van der Waals surface area contributed by atoms with E-state index >= 15 is 0 Å². The number of carboxylic acids is 1. The molecule has 2 amide bonds. The molecule has 0 aromatic heterocycles. The van der Waals surface area contributed by atoms with E-state index in [1.54, 1.807) is 13.8 Å². The Morgan fingerprint density at radius 2 is 1.61 bits per heavy atom. The molecule has 0 unspecified atom stereocenters. The van der Waals surface area contributed by atoms with Crippen molar-refractivity contribution >= 4 is 29.3 Å². The maximum Gasteiger partial charge on any atom is 0.415 e. The minimum atomic E-state index is -1.22. The second-order valence-corrected chi connectivity index (χ2v) is 8.69. The summed E-state index contributed by atoms with van der Waals surface area (Å²) in [5, 5.41) is 12.0. The standard InChI is InChI=1S/C26H22N2O5/c1-26(2)24(31)27-21-13-15(23(29)30)11-12-22(21)28(26)25(32)33-14-20-18-9-5-3-7-16(18)17-8-4-6-10-19(17)20/h3-13,20H,14H2,1-2H3,(H,27,31)(H,29,30). The number of carbonyl (C=O) groups is 3. The number of amides is 2. The number of benzene rings is 3.